The van der Waals surface area contributed by atoms with E-state index in [0.717, 1.165) is 39.2 Å². The van der Waals surface area contributed by atoms with Gasteiger partial charge in [-0.25, -0.2) is 0 Å². The van der Waals surface area contributed by atoms with Gasteiger partial charge in [-0.1, -0.05) is 0 Å². The fourth-order valence-electron chi connectivity index (χ4n) is 2.55. The summed E-state index contributed by atoms with van der Waals surface area (Å²) in [6, 6.07) is -0.517. The molecule has 0 spiro atoms. The van der Waals surface area contributed by atoms with Gasteiger partial charge in [-0.05, 0) is 6.42 Å². The van der Waals surface area contributed by atoms with E-state index in [2.05, 4.69) is 9.80 Å². The first-order valence-corrected chi connectivity index (χ1v) is 6.99. The lowest BCUT2D eigenvalue weighted by Gasteiger charge is -2.29. The Morgan fingerprint density at radius 3 is 2.05 bits per heavy atom. The average molecular weight is 273 g/mol. The third kappa shape index (κ3) is 5.02. The van der Waals surface area contributed by atoms with Crippen LogP contribution in [0.5, 0.6) is 0 Å². The molecule has 7 nitrogen and oxygen atoms in total. The van der Waals surface area contributed by atoms with E-state index in [9.17, 15) is 10.1 Å². The summed E-state index contributed by atoms with van der Waals surface area (Å²) < 4.78 is 10.6. The first-order chi connectivity index (χ1) is 9.25. The van der Waals surface area contributed by atoms with E-state index in [1.165, 1.54) is 0 Å². The highest BCUT2D eigenvalue weighted by molar-refractivity contribution is 4.73. The number of nitro groups is 1. The lowest BCUT2D eigenvalue weighted by Crippen LogP contribution is -2.48. The van der Waals surface area contributed by atoms with Crippen molar-refractivity contribution in [3.63, 3.8) is 0 Å². The molecule has 0 saturated carbocycles. The predicted molar refractivity (Wildman–Crippen MR) is 69.9 cm³/mol. The Kier molecular flexibility index (Phi) is 5.96. The predicted octanol–water partition coefficient (Wildman–Crippen LogP) is -0.314. The first kappa shape index (κ1) is 14.6. The normalized spacial score (nSPS) is 24.8. The third-order valence-corrected chi connectivity index (χ3v) is 3.65. The Bertz CT molecular complexity index is 276. The van der Waals surface area contributed by atoms with Crippen molar-refractivity contribution >= 4 is 0 Å². The van der Waals surface area contributed by atoms with Crippen molar-refractivity contribution in [3.8, 4) is 0 Å². The molecule has 0 aromatic heterocycles. The molecular weight excluding hydrogens is 250 g/mol. The quantitative estimate of drug-likeness (QED) is 0.505. The molecule has 7 heteroatoms. The molecular formula is C12H23N3O4. The molecule has 2 saturated heterocycles. The molecule has 2 heterocycles. The van der Waals surface area contributed by atoms with E-state index < -0.39 is 6.04 Å². The van der Waals surface area contributed by atoms with Crippen LogP contribution in [0.15, 0.2) is 0 Å². The standard InChI is InChI=1S/C12H23N3O4/c16-15(17)12(11-14-4-8-19-9-5-14)10-13-2-1-6-18-7-3-13/h12H,1-11H2. The molecule has 0 N–H and O–H groups in total. The highest BCUT2D eigenvalue weighted by Gasteiger charge is 2.27. The van der Waals surface area contributed by atoms with Gasteiger partial charge in [-0.2, -0.15) is 0 Å². The zero-order chi connectivity index (χ0) is 13.5. The van der Waals surface area contributed by atoms with Crippen LogP contribution in [0.4, 0.5) is 0 Å². The van der Waals surface area contributed by atoms with Crippen LogP contribution in [0.3, 0.4) is 0 Å². The van der Waals surface area contributed by atoms with Crippen LogP contribution in [0.2, 0.25) is 0 Å². The zero-order valence-electron chi connectivity index (χ0n) is 11.3. The van der Waals surface area contributed by atoms with Gasteiger partial charge in [0.05, 0.1) is 32.9 Å². The molecule has 2 aliphatic rings. The minimum Gasteiger partial charge on any atom is -0.380 e. The Morgan fingerprint density at radius 2 is 1.47 bits per heavy atom. The van der Waals surface area contributed by atoms with E-state index >= 15 is 0 Å². The van der Waals surface area contributed by atoms with Crippen LogP contribution in [0.25, 0.3) is 0 Å². The van der Waals surface area contributed by atoms with E-state index in [4.69, 9.17) is 9.47 Å². The van der Waals surface area contributed by atoms with E-state index in [1.54, 1.807) is 0 Å². The highest BCUT2D eigenvalue weighted by Crippen LogP contribution is 2.06. The lowest BCUT2D eigenvalue weighted by molar-refractivity contribution is -0.523. The van der Waals surface area contributed by atoms with Gasteiger partial charge in [0.25, 0.3) is 0 Å². The molecule has 19 heavy (non-hydrogen) atoms. The molecule has 0 aliphatic carbocycles. The maximum absolute atomic E-state index is 11.2. The van der Waals surface area contributed by atoms with Crippen molar-refractivity contribution in [2.24, 2.45) is 0 Å². The lowest BCUT2D eigenvalue weighted by atomic mass is 10.2. The fourth-order valence-corrected chi connectivity index (χ4v) is 2.55. The van der Waals surface area contributed by atoms with Crippen molar-refractivity contribution in [2.75, 3.05) is 65.7 Å². The zero-order valence-corrected chi connectivity index (χ0v) is 11.3. The van der Waals surface area contributed by atoms with Gasteiger partial charge in [0.2, 0.25) is 6.04 Å². The Labute approximate surface area is 113 Å². The first-order valence-electron chi connectivity index (χ1n) is 6.99. The van der Waals surface area contributed by atoms with Crippen molar-refractivity contribution in [3.05, 3.63) is 10.1 Å². The number of rotatable bonds is 5. The number of hydrogen-bond donors (Lipinski definition) is 0. The Balaban J connectivity index is 1.82. The topological polar surface area (TPSA) is 68.1 Å². The van der Waals surface area contributed by atoms with Gasteiger partial charge in [0.1, 0.15) is 0 Å². The van der Waals surface area contributed by atoms with Gasteiger partial charge in [-0.15, -0.1) is 0 Å². The summed E-state index contributed by atoms with van der Waals surface area (Å²) in [7, 11) is 0. The summed E-state index contributed by atoms with van der Waals surface area (Å²) in [4.78, 5) is 15.4. The SMILES string of the molecule is O=[N+]([O-])C(CN1CCCOCC1)CN1CCOCC1. The molecule has 110 valence electrons. The number of morpholine rings is 1. The molecule has 0 aromatic rings. The second-order valence-electron chi connectivity index (χ2n) is 5.12. The third-order valence-electron chi connectivity index (χ3n) is 3.65. The van der Waals surface area contributed by atoms with E-state index in [1.807, 2.05) is 0 Å². The van der Waals surface area contributed by atoms with Crippen LogP contribution in [0.1, 0.15) is 6.42 Å². The molecule has 0 bridgehead atoms. The van der Waals surface area contributed by atoms with Crippen LogP contribution in [-0.2, 0) is 9.47 Å². The minimum absolute atomic E-state index is 0.138. The van der Waals surface area contributed by atoms with E-state index in [-0.39, 0.29) is 4.92 Å². The van der Waals surface area contributed by atoms with Crippen molar-refractivity contribution in [1.82, 2.24) is 9.80 Å². The Hall–Kier alpha value is -0.760. The maximum atomic E-state index is 11.2. The number of hydrogen-bond acceptors (Lipinski definition) is 6. The molecule has 0 amide bonds. The van der Waals surface area contributed by atoms with Gasteiger partial charge < -0.3 is 9.47 Å². The molecule has 1 atom stereocenters. The highest BCUT2D eigenvalue weighted by atomic mass is 16.6. The van der Waals surface area contributed by atoms with Gasteiger partial charge in [-0.3, -0.25) is 19.9 Å². The smallest absolute Gasteiger partial charge is 0.238 e. The molecule has 0 aromatic carbocycles. The maximum Gasteiger partial charge on any atom is 0.238 e. The van der Waals surface area contributed by atoms with Crippen LogP contribution >= 0.6 is 0 Å². The monoisotopic (exact) mass is 273 g/mol. The van der Waals surface area contributed by atoms with E-state index in [0.29, 0.717) is 32.9 Å². The largest absolute Gasteiger partial charge is 0.380 e. The van der Waals surface area contributed by atoms with Crippen LogP contribution < -0.4 is 0 Å². The molecule has 0 radical (unpaired) electrons. The fraction of sp³-hybridized carbons (Fsp3) is 1.00. The van der Waals surface area contributed by atoms with Gasteiger partial charge in [0, 0.05) is 37.7 Å². The van der Waals surface area contributed by atoms with Gasteiger partial charge in [0.15, 0.2) is 0 Å². The number of nitrogens with zero attached hydrogens (tertiary/aromatic N) is 3. The summed E-state index contributed by atoms with van der Waals surface area (Å²) in [5.41, 5.74) is 0. The van der Waals surface area contributed by atoms with Gasteiger partial charge >= 0.3 is 0 Å². The van der Waals surface area contributed by atoms with Crippen LogP contribution in [-0.4, -0.2) is 86.5 Å². The van der Waals surface area contributed by atoms with Crippen molar-refractivity contribution < 1.29 is 14.4 Å². The van der Waals surface area contributed by atoms with Crippen molar-refractivity contribution in [1.29, 1.82) is 0 Å². The molecule has 1 unspecified atom stereocenters. The number of ether oxygens (including phenoxy) is 2. The summed E-state index contributed by atoms with van der Waals surface area (Å²) in [5.74, 6) is 0. The van der Waals surface area contributed by atoms with Crippen molar-refractivity contribution in [2.45, 2.75) is 12.5 Å². The molecule has 2 fully saturated rings. The summed E-state index contributed by atoms with van der Waals surface area (Å²) in [6.07, 6.45) is 0.960. The second-order valence-corrected chi connectivity index (χ2v) is 5.12. The average Bonchev–Trinajstić information content (AvgIpc) is 2.68. The summed E-state index contributed by atoms with van der Waals surface area (Å²) >= 11 is 0. The Morgan fingerprint density at radius 1 is 0.947 bits per heavy atom. The molecule has 2 aliphatic heterocycles. The minimum atomic E-state index is -0.517. The van der Waals surface area contributed by atoms with Crippen LogP contribution in [0, 0.1) is 10.1 Å². The second kappa shape index (κ2) is 7.74. The summed E-state index contributed by atoms with van der Waals surface area (Å²) in [6.45, 7) is 7.15. The summed E-state index contributed by atoms with van der Waals surface area (Å²) in [5, 5.41) is 11.2. The molecule has 2 rings (SSSR count).